The Morgan fingerprint density at radius 3 is 2.80 bits per heavy atom. The van der Waals surface area contributed by atoms with Crippen LogP contribution >= 0.6 is 0 Å². The second-order valence-corrected chi connectivity index (χ2v) is 5.82. The van der Waals surface area contributed by atoms with Gasteiger partial charge in [-0.2, -0.15) is 4.73 Å². The van der Waals surface area contributed by atoms with Gasteiger partial charge in [0.05, 0.1) is 5.39 Å². The monoisotopic (exact) mass is 267 g/mol. The highest BCUT2D eigenvalue weighted by Crippen LogP contribution is 2.31. The van der Waals surface area contributed by atoms with Gasteiger partial charge >= 0.3 is 0 Å². The molecule has 0 saturated heterocycles. The van der Waals surface area contributed by atoms with Crippen molar-refractivity contribution in [3.8, 4) is 0 Å². The summed E-state index contributed by atoms with van der Waals surface area (Å²) in [6.07, 6.45) is 7.85. The third-order valence-electron chi connectivity index (χ3n) is 4.44. The number of hydrogen-bond donors (Lipinski definition) is 0. The van der Waals surface area contributed by atoms with E-state index in [-0.39, 0.29) is 0 Å². The summed E-state index contributed by atoms with van der Waals surface area (Å²) in [7, 11) is 0. The molecule has 1 fully saturated rings. The number of nitrogens with zero attached hydrogens (tertiary/aromatic N) is 1. The fraction of sp³-hybridized carbons (Fsp3) is 0.353. The Bertz CT molecular complexity index is 769. The molecule has 0 spiro atoms. The zero-order chi connectivity index (χ0) is 13.5. The minimum atomic E-state index is 0.701. The Morgan fingerprint density at radius 1 is 1.15 bits per heavy atom. The molecule has 20 heavy (non-hydrogen) atoms. The Balaban J connectivity index is 1.83. The number of aromatic nitrogens is 1. The number of benzene rings is 1. The summed E-state index contributed by atoms with van der Waals surface area (Å²) in [6.45, 7) is 0. The average Bonchev–Trinajstić information content (AvgIpc) is 3.09. The van der Waals surface area contributed by atoms with Crippen molar-refractivity contribution in [2.75, 3.05) is 0 Å². The van der Waals surface area contributed by atoms with E-state index < -0.39 is 0 Å². The molecule has 3 heteroatoms. The van der Waals surface area contributed by atoms with Gasteiger partial charge in [0, 0.05) is 17.9 Å². The van der Waals surface area contributed by atoms with Gasteiger partial charge in [0.1, 0.15) is 5.76 Å². The smallest absolute Gasteiger partial charge is 0.224 e. The van der Waals surface area contributed by atoms with E-state index in [1.165, 1.54) is 25.7 Å². The summed E-state index contributed by atoms with van der Waals surface area (Å²) in [4.78, 5) is 0. The number of pyridine rings is 1. The SMILES string of the molecule is [O-][n+]1cc2oc(CC3CCCC3)cc2c2ccccc21. The lowest BCUT2D eigenvalue weighted by molar-refractivity contribution is -0.575. The first kappa shape index (κ1) is 11.8. The quantitative estimate of drug-likeness (QED) is 0.521. The lowest BCUT2D eigenvalue weighted by Gasteiger charge is -2.04. The van der Waals surface area contributed by atoms with Crippen molar-refractivity contribution < 1.29 is 9.15 Å². The molecule has 2 heterocycles. The first-order chi connectivity index (χ1) is 9.81. The van der Waals surface area contributed by atoms with Crippen LogP contribution in [0.1, 0.15) is 31.4 Å². The Morgan fingerprint density at radius 2 is 1.95 bits per heavy atom. The van der Waals surface area contributed by atoms with Crippen molar-refractivity contribution in [3.05, 3.63) is 47.5 Å². The fourth-order valence-corrected chi connectivity index (χ4v) is 3.43. The predicted octanol–water partition coefficient (Wildman–Crippen LogP) is 3.95. The van der Waals surface area contributed by atoms with E-state index in [4.69, 9.17) is 4.42 Å². The third kappa shape index (κ3) is 1.85. The maximum absolute atomic E-state index is 12.0. The fourth-order valence-electron chi connectivity index (χ4n) is 3.43. The van der Waals surface area contributed by atoms with Crippen LogP contribution in [0.2, 0.25) is 0 Å². The molecule has 102 valence electrons. The van der Waals surface area contributed by atoms with Crippen molar-refractivity contribution in [1.82, 2.24) is 0 Å². The first-order valence-corrected chi connectivity index (χ1v) is 7.34. The number of rotatable bonds is 2. The maximum Gasteiger partial charge on any atom is 0.224 e. The largest absolute Gasteiger partial charge is 0.618 e. The second-order valence-electron chi connectivity index (χ2n) is 5.82. The average molecular weight is 267 g/mol. The van der Waals surface area contributed by atoms with E-state index in [0.717, 1.165) is 33.6 Å². The van der Waals surface area contributed by atoms with Gasteiger partial charge < -0.3 is 9.62 Å². The first-order valence-electron chi connectivity index (χ1n) is 7.34. The van der Waals surface area contributed by atoms with Gasteiger partial charge in [-0.3, -0.25) is 0 Å². The highest BCUT2D eigenvalue weighted by molar-refractivity contribution is 6.02. The van der Waals surface area contributed by atoms with Crippen LogP contribution in [-0.4, -0.2) is 0 Å². The topological polar surface area (TPSA) is 40.1 Å². The van der Waals surface area contributed by atoms with Gasteiger partial charge in [-0.1, -0.05) is 37.8 Å². The highest BCUT2D eigenvalue weighted by atomic mass is 16.5. The van der Waals surface area contributed by atoms with Crippen molar-refractivity contribution in [2.24, 2.45) is 5.92 Å². The maximum atomic E-state index is 12.0. The zero-order valence-electron chi connectivity index (χ0n) is 11.3. The number of hydrogen-bond acceptors (Lipinski definition) is 2. The summed E-state index contributed by atoms with van der Waals surface area (Å²) >= 11 is 0. The van der Waals surface area contributed by atoms with Crippen LogP contribution in [0.25, 0.3) is 21.9 Å². The van der Waals surface area contributed by atoms with Crippen LogP contribution < -0.4 is 4.73 Å². The molecule has 0 amide bonds. The number of furan rings is 1. The summed E-state index contributed by atoms with van der Waals surface area (Å²) in [5.41, 5.74) is 1.40. The molecule has 0 bridgehead atoms. The van der Waals surface area contributed by atoms with Crippen LogP contribution in [0.15, 0.2) is 40.9 Å². The van der Waals surface area contributed by atoms with E-state index >= 15 is 0 Å². The van der Waals surface area contributed by atoms with Crippen molar-refractivity contribution in [2.45, 2.75) is 32.1 Å². The molecule has 3 nitrogen and oxygen atoms in total. The Hall–Kier alpha value is -2.03. The molecule has 0 unspecified atom stereocenters. The minimum absolute atomic E-state index is 0.701. The lowest BCUT2D eigenvalue weighted by atomic mass is 10.0. The van der Waals surface area contributed by atoms with Gasteiger partial charge in [-0.25, -0.2) is 0 Å². The standard InChI is InChI=1S/C17H17NO2/c19-18-11-17-15(14-7-3-4-8-16(14)18)10-13(20-17)9-12-5-1-2-6-12/h3-4,7-8,10-12H,1-2,5-6,9H2. The van der Waals surface area contributed by atoms with Crippen LogP contribution in [0.4, 0.5) is 0 Å². The van der Waals surface area contributed by atoms with E-state index in [1.807, 2.05) is 24.3 Å². The molecular formula is C17H17NO2. The summed E-state index contributed by atoms with van der Waals surface area (Å²) in [5, 5.41) is 14.0. The van der Waals surface area contributed by atoms with Gasteiger partial charge in [0.25, 0.3) is 0 Å². The molecule has 1 aliphatic carbocycles. The van der Waals surface area contributed by atoms with Crippen molar-refractivity contribution >= 4 is 21.9 Å². The molecule has 3 aromatic rings. The van der Waals surface area contributed by atoms with E-state index in [9.17, 15) is 5.21 Å². The lowest BCUT2D eigenvalue weighted by Crippen LogP contribution is -2.25. The number of fused-ring (bicyclic) bond motifs is 3. The second kappa shape index (κ2) is 4.51. The molecule has 0 N–H and O–H groups in total. The molecular weight excluding hydrogens is 250 g/mol. The molecule has 1 aromatic carbocycles. The van der Waals surface area contributed by atoms with Crippen LogP contribution in [-0.2, 0) is 6.42 Å². The Labute approximate surface area is 117 Å². The highest BCUT2D eigenvalue weighted by Gasteiger charge is 2.19. The van der Waals surface area contributed by atoms with Crippen molar-refractivity contribution in [1.29, 1.82) is 0 Å². The van der Waals surface area contributed by atoms with Crippen LogP contribution in [0.5, 0.6) is 0 Å². The molecule has 0 radical (unpaired) electrons. The van der Waals surface area contributed by atoms with E-state index in [0.29, 0.717) is 11.1 Å². The summed E-state index contributed by atoms with van der Waals surface area (Å²) in [6, 6.07) is 9.82. The third-order valence-corrected chi connectivity index (χ3v) is 4.44. The van der Waals surface area contributed by atoms with E-state index in [2.05, 4.69) is 6.07 Å². The molecule has 1 aliphatic rings. The van der Waals surface area contributed by atoms with Crippen molar-refractivity contribution in [3.63, 3.8) is 0 Å². The Kier molecular flexibility index (Phi) is 2.66. The molecule has 4 rings (SSSR count). The zero-order valence-corrected chi connectivity index (χ0v) is 11.3. The van der Waals surface area contributed by atoms with Crippen LogP contribution in [0, 0.1) is 11.1 Å². The van der Waals surface area contributed by atoms with Gasteiger partial charge in [-0.15, -0.1) is 0 Å². The van der Waals surface area contributed by atoms with Gasteiger partial charge in [0.2, 0.25) is 11.7 Å². The van der Waals surface area contributed by atoms with Gasteiger partial charge in [0.15, 0.2) is 5.58 Å². The van der Waals surface area contributed by atoms with Crippen LogP contribution in [0.3, 0.4) is 0 Å². The molecule has 2 aromatic heterocycles. The summed E-state index contributed by atoms with van der Waals surface area (Å²) in [5.74, 6) is 1.77. The number of para-hydroxylation sites is 1. The summed E-state index contributed by atoms with van der Waals surface area (Å²) < 4.78 is 6.80. The minimum Gasteiger partial charge on any atom is -0.618 e. The predicted molar refractivity (Wildman–Crippen MR) is 78.3 cm³/mol. The normalized spacial score (nSPS) is 16.4. The molecule has 0 aliphatic heterocycles. The van der Waals surface area contributed by atoms with Gasteiger partial charge in [-0.05, 0) is 18.1 Å². The molecule has 0 atom stereocenters. The molecule has 1 saturated carbocycles. The van der Waals surface area contributed by atoms with E-state index in [1.54, 1.807) is 6.20 Å².